The number of nitrogens with two attached hydrogens (primary N) is 2. The van der Waals surface area contributed by atoms with Crippen molar-refractivity contribution in [3.05, 3.63) is 47.7 Å². The molecule has 4 aromatic heterocycles. The lowest BCUT2D eigenvalue weighted by atomic mass is 10.1. The van der Waals surface area contributed by atoms with Crippen LogP contribution in [0, 0.1) is 13.8 Å². The van der Waals surface area contributed by atoms with Crippen LogP contribution >= 0.6 is 11.3 Å². The summed E-state index contributed by atoms with van der Waals surface area (Å²) in [5.74, 6) is 0.407. The van der Waals surface area contributed by atoms with Gasteiger partial charge in [0.1, 0.15) is 16.3 Å². The van der Waals surface area contributed by atoms with E-state index in [1.54, 1.807) is 18.6 Å². The van der Waals surface area contributed by atoms with Crippen LogP contribution in [0.4, 0.5) is 16.4 Å². The number of aromatic nitrogens is 3. The van der Waals surface area contributed by atoms with Crippen molar-refractivity contribution in [1.82, 2.24) is 15.1 Å². The maximum absolute atomic E-state index is 13.3. The van der Waals surface area contributed by atoms with Gasteiger partial charge in [-0.2, -0.15) is 0 Å². The predicted molar refractivity (Wildman–Crippen MR) is 131 cm³/mol. The van der Waals surface area contributed by atoms with Gasteiger partial charge in [-0.3, -0.25) is 14.8 Å². The molecule has 1 amide bonds. The number of thiophene rings is 1. The molecule has 4 aromatic rings. The van der Waals surface area contributed by atoms with Crippen molar-refractivity contribution in [2.24, 2.45) is 5.73 Å². The van der Waals surface area contributed by atoms with Crippen molar-refractivity contribution in [1.29, 1.82) is 0 Å². The number of carbonyl (C=O) groups excluding carboxylic acids is 1. The fraction of sp³-hybridized carbons (Fsp3) is 0.304. The molecule has 1 fully saturated rings. The second-order valence-corrected chi connectivity index (χ2v) is 9.39. The van der Waals surface area contributed by atoms with Crippen LogP contribution in [0.3, 0.4) is 0 Å². The van der Waals surface area contributed by atoms with Crippen LogP contribution in [0.25, 0.3) is 21.3 Å². The summed E-state index contributed by atoms with van der Waals surface area (Å²) in [5, 5.41) is 7.43. The summed E-state index contributed by atoms with van der Waals surface area (Å²) in [5.41, 5.74) is 17.5. The number of aryl methyl sites for hydroxylation is 2. The average Bonchev–Trinajstić information content (AvgIpc) is 3.31. The molecule has 5 heterocycles. The van der Waals surface area contributed by atoms with E-state index in [9.17, 15) is 4.79 Å². The van der Waals surface area contributed by atoms with Gasteiger partial charge < -0.3 is 26.2 Å². The number of carbonyl (C=O) groups is 1. The Hall–Kier alpha value is -3.50. The van der Waals surface area contributed by atoms with Gasteiger partial charge in [0.25, 0.3) is 5.91 Å². The number of hydrogen-bond donors (Lipinski definition) is 3. The number of hydrogen-bond acceptors (Lipinski definition) is 9. The summed E-state index contributed by atoms with van der Waals surface area (Å²) in [6.45, 7) is 5.37. The van der Waals surface area contributed by atoms with E-state index in [0.717, 1.165) is 58.9 Å². The zero-order valence-corrected chi connectivity index (χ0v) is 19.3. The number of fused-ring (bicyclic) bond motifs is 1. The first-order chi connectivity index (χ1) is 15.9. The maximum atomic E-state index is 13.3. The number of piperidine rings is 1. The molecule has 5 N–H and O–H groups in total. The Labute approximate surface area is 194 Å². The van der Waals surface area contributed by atoms with Crippen molar-refractivity contribution in [2.75, 3.05) is 29.0 Å². The lowest BCUT2D eigenvalue weighted by Gasteiger charge is -2.33. The molecule has 9 nitrogen and oxygen atoms in total. The Morgan fingerprint density at radius 2 is 2.18 bits per heavy atom. The SMILES string of the molecule is Cc1noc(C)c1-c1cnc2c(C(=O)Nc3cnccc3N3CCC[C@@H](N)C3)c(N)sc2c1. The third-order valence-corrected chi connectivity index (χ3v) is 6.90. The number of amides is 1. The Kier molecular flexibility index (Phi) is 5.47. The molecule has 0 bridgehead atoms. The summed E-state index contributed by atoms with van der Waals surface area (Å²) < 4.78 is 6.10. The fourth-order valence-corrected chi connectivity index (χ4v) is 5.39. The Morgan fingerprint density at radius 1 is 1.33 bits per heavy atom. The van der Waals surface area contributed by atoms with Crippen LogP contribution in [0.1, 0.15) is 34.7 Å². The predicted octanol–water partition coefficient (Wildman–Crippen LogP) is 3.73. The minimum atomic E-state index is -0.313. The van der Waals surface area contributed by atoms with Crippen molar-refractivity contribution in [3.63, 3.8) is 0 Å². The highest BCUT2D eigenvalue weighted by Gasteiger charge is 2.24. The zero-order valence-electron chi connectivity index (χ0n) is 18.5. The molecular weight excluding hydrogens is 438 g/mol. The van der Waals surface area contributed by atoms with Crippen LogP contribution < -0.4 is 21.7 Å². The molecule has 1 aliphatic rings. The summed E-state index contributed by atoms with van der Waals surface area (Å²) in [7, 11) is 0. The number of nitrogen functional groups attached to an aromatic ring is 1. The van der Waals surface area contributed by atoms with Gasteiger partial charge in [-0.05, 0) is 38.8 Å². The van der Waals surface area contributed by atoms with Crippen LogP contribution in [-0.2, 0) is 0 Å². The average molecular weight is 464 g/mol. The van der Waals surface area contributed by atoms with E-state index < -0.39 is 0 Å². The van der Waals surface area contributed by atoms with Gasteiger partial charge in [0, 0.05) is 42.7 Å². The van der Waals surface area contributed by atoms with Gasteiger partial charge in [0.05, 0.1) is 33.5 Å². The van der Waals surface area contributed by atoms with Crippen LogP contribution in [0.2, 0.25) is 0 Å². The standard InChI is InChI=1S/C23H25N7O2S/c1-12-19(13(2)32-29-12)14-8-18-21(27-9-14)20(22(25)33-18)23(31)28-16-10-26-6-5-17(16)30-7-3-4-15(24)11-30/h5-6,8-10,15H,3-4,7,11,24-25H2,1-2H3,(H,28,31)/t15-/m1/s1. The molecule has 170 valence electrons. The molecule has 0 aliphatic carbocycles. The summed E-state index contributed by atoms with van der Waals surface area (Å²) >= 11 is 1.33. The number of rotatable bonds is 4. The van der Waals surface area contributed by atoms with E-state index in [2.05, 4.69) is 25.3 Å². The van der Waals surface area contributed by atoms with Crippen molar-refractivity contribution >= 4 is 43.8 Å². The van der Waals surface area contributed by atoms with E-state index in [4.69, 9.17) is 16.0 Å². The molecule has 0 saturated carbocycles. The van der Waals surface area contributed by atoms with Crippen molar-refractivity contribution in [2.45, 2.75) is 32.7 Å². The fourth-order valence-electron chi connectivity index (χ4n) is 4.42. The summed E-state index contributed by atoms with van der Waals surface area (Å²) in [6.07, 6.45) is 7.11. The van der Waals surface area contributed by atoms with Gasteiger partial charge in [-0.15, -0.1) is 11.3 Å². The first-order valence-electron chi connectivity index (χ1n) is 10.8. The minimum Gasteiger partial charge on any atom is -0.390 e. The Morgan fingerprint density at radius 3 is 2.94 bits per heavy atom. The molecule has 0 spiro atoms. The van der Waals surface area contributed by atoms with Crippen LogP contribution in [0.15, 0.2) is 35.2 Å². The quantitative estimate of drug-likeness (QED) is 0.416. The lowest BCUT2D eigenvalue weighted by Crippen LogP contribution is -2.43. The molecular formula is C23H25N7O2S. The van der Waals surface area contributed by atoms with E-state index >= 15 is 0 Å². The van der Waals surface area contributed by atoms with Crippen molar-refractivity contribution in [3.8, 4) is 11.1 Å². The monoisotopic (exact) mass is 463 g/mol. The largest absolute Gasteiger partial charge is 0.390 e. The Balaban J connectivity index is 1.47. The number of pyridine rings is 2. The molecule has 10 heteroatoms. The van der Waals surface area contributed by atoms with Gasteiger partial charge in [0.15, 0.2) is 0 Å². The Bertz CT molecular complexity index is 1330. The molecule has 33 heavy (non-hydrogen) atoms. The molecule has 5 rings (SSSR count). The van der Waals surface area contributed by atoms with E-state index in [-0.39, 0.29) is 11.9 Å². The normalized spacial score (nSPS) is 16.3. The third-order valence-electron chi connectivity index (χ3n) is 5.95. The highest BCUT2D eigenvalue weighted by molar-refractivity contribution is 7.23. The maximum Gasteiger partial charge on any atom is 0.260 e. The van der Waals surface area contributed by atoms with E-state index in [1.165, 1.54) is 11.3 Å². The van der Waals surface area contributed by atoms with Crippen molar-refractivity contribution < 1.29 is 9.32 Å². The number of nitrogens with zero attached hydrogens (tertiary/aromatic N) is 4. The van der Waals surface area contributed by atoms with Gasteiger partial charge >= 0.3 is 0 Å². The van der Waals surface area contributed by atoms with E-state index in [0.29, 0.717) is 21.8 Å². The smallest absolute Gasteiger partial charge is 0.260 e. The highest BCUT2D eigenvalue weighted by Crippen LogP contribution is 2.37. The van der Waals surface area contributed by atoms with Gasteiger partial charge in [-0.1, -0.05) is 5.16 Å². The topological polar surface area (TPSA) is 136 Å². The molecule has 1 aliphatic heterocycles. The first-order valence-corrected chi connectivity index (χ1v) is 11.6. The molecule has 1 atom stereocenters. The molecule has 0 unspecified atom stereocenters. The molecule has 0 aromatic carbocycles. The number of nitrogens with one attached hydrogen (secondary N) is 1. The van der Waals surface area contributed by atoms with Gasteiger partial charge in [-0.25, -0.2) is 0 Å². The first kappa shape index (κ1) is 21.4. The molecule has 0 radical (unpaired) electrons. The summed E-state index contributed by atoms with van der Waals surface area (Å²) in [6, 6.07) is 3.98. The third kappa shape index (κ3) is 3.91. The van der Waals surface area contributed by atoms with Gasteiger partial charge in [0.2, 0.25) is 0 Å². The highest BCUT2D eigenvalue weighted by atomic mass is 32.1. The van der Waals surface area contributed by atoms with Crippen LogP contribution in [-0.4, -0.2) is 40.2 Å². The number of anilines is 3. The summed E-state index contributed by atoms with van der Waals surface area (Å²) in [4.78, 5) is 24.3. The minimum absolute atomic E-state index is 0.114. The van der Waals surface area contributed by atoms with Crippen LogP contribution in [0.5, 0.6) is 0 Å². The lowest BCUT2D eigenvalue weighted by molar-refractivity contribution is 0.102. The zero-order chi connectivity index (χ0) is 23.1. The van der Waals surface area contributed by atoms with E-state index in [1.807, 2.05) is 26.0 Å². The second-order valence-electron chi connectivity index (χ2n) is 8.31. The molecule has 1 saturated heterocycles. The second kappa shape index (κ2) is 8.45.